The van der Waals surface area contributed by atoms with Gasteiger partial charge < -0.3 is 5.11 Å². The van der Waals surface area contributed by atoms with Crippen molar-refractivity contribution < 1.29 is 9.50 Å². The predicted molar refractivity (Wildman–Crippen MR) is 66.2 cm³/mol. The lowest BCUT2D eigenvalue weighted by atomic mass is 9.83. The van der Waals surface area contributed by atoms with Crippen molar-refractivity contribution in [2.75, 3.05) is 13.1 Å². The van der Waals surface area contributed by atoms with Crippen LogP contribution in [0.1, 0.15) is 25.0 Å². The Balaban J connectivity index is 1.99. The third-order valence-corrected chi connectivity index (χ3v) is 3.63. The maximum atomic E-state index is 13.2. The van der Waals surface area contributed by atoms with Crippen molar-refractivity contribution in [3.8, 4) is 6.07 Å². The van der Waals surface area contributed by atoms with E-state index >= 15 is 0 Å². The average Bonchev–Trinajstić information content (AvgIpc) is 2.29. The zero-order chi connectivity index (χ0) is 13.3. The first kappa shape index (κ1) is 13.0. The van der Waals surface area contributed by atoms with Gasteiger partial charge in [0.15, 0.2) is 0 Å². The van der Waals surface area contributed by atoms with Gasteiger partial charge in [-0.3, -0.25) is 4.90 Å². The molecule has 1 heterocycles. The molecule has 1 N–H and O–H groups in total. The average molecular weight is 248 g/mol. The van der Waals surface area contributed by atoms with Crippen LogP contribution in [0.3, 0.4) is 0 Å². The largest absolute Gasteiger partial charge is 0.387 e. The molecule has 0 aromatic heterocycles. The molecular formula is C14H17FN2O. The molecule has 0 aliphatic carbocycles. The van der Waals surface area contributed by atoms with Crippen molar-refractivity contribution in [2.45, 2.75) is 26.0 Å². The number of nitrogens with zero attached hydrogens (tertiary/aromatic N) is 2. The summed E-state index contributed by atoms with van der Waals surface area (Å²) in [7, 11) is 0. The normalized spacial score (nSPS) is 18.4. The van der Waals surface area contributed by atoms with Gasteiger partial charge in [-0.2, -0.15) is 5.26 Å². The summed E-state index contributed by atoms with van der Waals surface area (Å²) in [6, 6.07) is 6.41. The summed E-state index contributed by atoms with van der Waals surface area (Å²) >= 11 is 0. The molecule has 1 aromatic carbocycles. The summed E-state index contributed by atoms with van der Waals surface area (Å²) in [5.74, 6) is -0.250. The summed E-state index contributed by atoms with van der Waals surface area (Å²) in [5.41, 5.74) is 0.379. The number of aliphatic hydroxyl groups is 1. The fourth-order valence-electron chi connectivity index (χ4n) is 2.22. The predicted octanol–water partition coefficient (Wildman–Crippen LogP) is 1.90. The van der Waals surface area contributed by atoms with Gasteiger partial charge in [0.05, 0.1) is 11.2 Å². The van der Waals surface area contributed by atoms with Crippen LogP contribution in [0.5, 0.6) is 0 Å². The Morgan fingerprint density at radius 1 is 1.50 bits per heavy atom. The smallest absolute Gasteiger partial charge is 0.140 e. The highest BCUT2D eigenvalue weighted by Gasteiger charge is 2.43. The van der Waals surface area contributed by atoms with Crippen LogP contribution < -0.4 is 0 Å². The van der Waals surface area contributed by atoms with E-state index < -0.39 is 11.4 Å². The Bertz CT molecular complexity index is 487. The highest BCUT2D eigenvalue weighted by Crippen LogP contribution is 2.29. The molecule has 0 amide bonds. The minimum Gasteiger partial charge on any atom is -0.387 e. The van der Waals surface area contributed by atoms with Gasteiger partial charge in [-0.1, -0.05) is 19.9 Å². The zero-order valence-corrected chi connectivity index (χ0v) is 10.7. The van der Waals surface area contributed by atoms with E-state index in [2.05, 4.69) is 4.90 Å². The van der Waals surface area contributed by atoms with Crippen molar-refractivity contribution in [3.63, 3.8) is 0 Å². The fourth-order valence-corrected chi connectivity index (χ4v) is 2.22. The Morgan fingerprint density at radius 2 is 2.17 bits per heavy atom. The molecule has 4 heteroatoms. The lowest BCUT2D eigenvalue weighted by Crippen LogP contribution is -2.63. The minimum absolute atomic E-state index is 0.0761. The Morgan fingerprint density at radius 3 is 2.72 bits per heavy atom. The number of hydrogen-bond donors (Lipinski definition) is 1. The maximum Gasteiger partial charge on any atom is 0.140 e. The van der Waals surface area contributed by atoms with E-state index in [1.807, 2.05) is 19.9 Å². The molecule has 1 fully saturated rings. The number of rotatable bonds is 3. The van der Waals surface area contributed by atoms with Crippen molar-refractivity contribution >= 4 is 0 Å². The summed E-state index contributed by atoms with van der Waals surface area (Å²) < 4.78 is 13.2. The van der Waals surface area contributed by atoms with Crippen molar-refractivity contribution in [1.29, 1.82) is 5.26 Å². The van der Waals surface area contributed by atoms with E-state index in [9.17, 15) is 9.50 Å². The summed E-state index contributed by atoms with van der Waals surface area (Å²) in [6.45, 7) is 5.91. The zero-order valence-electron chi connectivity index (χ0n) is 10.7. The number of halogens is 1. The Kier molecular flexibility index (Phi) is 3.38. The van der Waals surface area contributed by atoms with E-state index in [0.717, 1.165) is 5.56 Å². The highest BCUT2D eigenvalue weighted by atomic mass is 19.1. The topological polar surface area (TPSA) is 47.3 Å². The summed E-state index contributed by atoms with van der Waals surface area (Å²) in [5, 5.41) is 18.9. The molecule has 1 aliphatic rings. The molecule has 0 unspecified atom stereocenters. The molecule has 3 nitrogen and oxygen atoms in total. The first-order chi connectivity index (χ1) is 8.44. The minimum atomic E-state index is -0.599. The van der Waals surface area contributed by atoms with Crippen molar-refractivity contribution in [3.05, 3.63) is 35.1 Å². The van der Waals surface area contributed by atoms with Gasteiger partial charge in [0.25, 0.3) is 0 Å². The molecule has 18 heavy (non-hydrogen) atoms. The number of nitriles is 1. The van der Waals surface area contributed by atoms with Crippen LogP contribution >= 0.6 is 0 Å². The van der Waals surface area contributed by atoms with Gasteiger partial charge in [0, 0.05) is 19.6 Å². The number of likely N-dealkylation sites (tertiary alicyclic amines) is 1. The SMILES string of the molecule is CC(C)C1(O)CN(Cc2ccc(F)c(C#N)c2)C1. The van der Waals surface area contributed by atoms with E-state index in [1.165, 1.54) is 6.07 Å². The molecule has 0 radical (unpaired) electrons. The van der Waals surface area contributed by atoms with E-state index in [1.54, 1.807) is 12.1 Å². The first-order valence-electron chi connectivity index (χ1n) is 6.08. The fraction of sp³-hybridized carbons (Fsp3) is 0.500. The molecule has 0 spiro atoms. The summed E-state index contributed by atoms with van der Waals surface area (Å²) in [6.07, 6.45) is 0. The number of hydrogen-bond acceptors (Lipinski definition) is 3. The molecule has 96 valence electrons. The van der Waals surface area contributed by atoms with Crippen LogP contribution in [0.15, 0.2) is 18.2 Å². The van der Waals surface area contributed by atoms with Gasteiger partial charge in [0.1, 0.15) is 11.9 Å². The second-order valence-electron chi connectivity index (χ2n) is 5.33. The van der Waals surface area contributed by atoms with Crippen LogP contribution in [0.2, 0.25) is 0 Å². The number of benzene rings is 1. The third-order valence-electron chi connectivity index (χ3n) is 3.63. The molecule has 1 aromatic rings. The van der Waals surface area contributed by atoms with Crippen molar-refractivity contribution in [2.24, 2.45) is 5.92 Å². The van der Waals surface area contributed by atoms with E-state index in [-0.39, 0.29) is 11.5 Å². The lowest BCUT2D eigenvalue weighted by Gasteiger charge is -2.49. The van der Waals surface area contributed by atoms with E-state index in [0.29, 0.717) is 19.6 Å². The van der Waals surface area contributed by atoms with Gasteiger partial charge in [-0.15, -0.1) is 0 Å². The molecule has 0 atom stereocenters. The van der Waals surface area contributed by atoms with Crippen molar-refractivity contribution in [1.82, 2.24) is 4.90 Å². The van der Waals surface area contributed by atoms with Crippen LogP contribution in [-0.4, -0.2) is 28.7 Å². The van der Waals surface area contributed by atoms with Gasteiger partial charge in [-0.05, 0) is 23.6 Å². The molecule has 1 aliphatic heterocycles. The molecule has 0 bridgehead atoms. The van der Waals surface area contributed by atoms with Crippen LogP contribution in [-0.2, 0) is 6.54 Å². The quantitative estimate of drug-likeness (QED) is 0.888. The van der Waals surface area contributed by atoms with Gasteiger partial charge in [-0.25, -0.2) is 4.39 Å². The van der Waals surface area contributed by atoms with Gasteiger partial charge in [0.2, 0.25) is 0 Å². The van der Waals surface area contributed by atoms with E-state index in [4.69, 9.17) is 5.26 Å². The lowest BCUT2D eigenvalue weighted by molar-refractivity contribution is -0.130. The van der Waals surface area contributed by atoms with Crippen LogP contribution in [0.4, 0.5) is 4.39 Å². The monoisotopic (exact) mass is 248 g/mol. The molecular weight excluding hydrogens is 231 g/mol. The second kappa shape index (κ2) is 4.68. The van der Waals surface area contributed by atoms with Crippen LogP contribution in [0.25, 0.3) is 0 Å². The van der Waals surface area contributed by atoms with Gasteiger partial charge >= 0.3 is 0 Å². The molecule has 2 rings (SSSR count). The molecule has 0 saturated carbocycles. The second-order valence-corrected chi connectivity index (χ2v) is 5.33. The summed E-state index contributed by atoms with van der Waals surface area (Å²) in [4.78, 5) is 2.09. The third kappa shape index (κ3) is 2.38. The van der Waals surface area contributed by atoms with Crippen LogP contribution in [0, 0.1) is 23.1 Å². The number of β-amino-alcohol motifs (C(OH)–C–C–N with tert-alkyl or cyclic N) is 1. The first-order valence-corrected chi connectivity index (χ1v) is 6.08. The molecule has 1 saturated heterocycles. The highest BCUT2D eigenvalue weighted by molar-refractivity contribution is 5.34. The Hall–Kier alpha value is -1.44. The Labute approximate surface area is 106 Å². The standard InChI is InChI=1S/C14H17FN2O/c1-10(2)14(18)8-17(9-14)7-11-3-4-13(15)12(5-11)6-16/h3-5,10,18H,7-9H2,1-2H3. The maximum absolute atomic E-state index is 13.2.